The average molecular weight is 325 g/mol. The molecule has 1 saturated heterocycles. The van der Waals surface area contributed by atoms with Crippen LogP contribution in [0.4, 0.5) is 17.3 Å². The van der Waals surface area contributed by atoms with Gasteiger partial charge in [-0.25, -0.2) is 9.97 Å². The van der Waals surface area contributed by atoms with Crippen molar-refractivity contribution in [1.29, 1.82) is 0 Å². The Morgan fingerprint density at radius 2 is 1.81 bits per heavy atom. The van der Waals surface area contributed by atoms with Crippen molar-refractivity contribution in [3.05, 3.63) is 40.6 Å². The lowest BCUT2D eigenvalue weighted by molar-refractivity contribution is 0.122. The van der Waals surface area contributed by atoms with E-state index in [2.05, 4.69) is 20.2 Å². The smallest absolute Gasteiger partial charge is 0.135 e. The van der Waals surface area contributed by atoms with Crippen LogP contribution in [0.5, 0.6) is 0 Å². The van der Waals surface area contributed by atoms with E-state index in [0.29, 0.717) is 34.8 Å². The molecule has 5 nitrogen and oxygen atoms in total. The van der Waals surface area contributed by atoms with E-state index in [9.17, 15) is 0 Å². The van der Waals surface area contributed by atoms with Crippen LogP contribution in [0.1, 0.15) is 0 Å². The summed E-state index contributed by atoms with van der Waals surface area (Å²) in [5.41, 5.74) is 0.646. The Morgan fingerprint density at radius 1 is 1.10 bits per heavy atom. The van der Waals surface area contributed by atoms with Crippen LogP contribution in [0.15, 0.2) is 30.6 Å². The predicted octanol–water partition coefficient (Wildman–Crippen LogP) is 3.36. The quantitative estimate of drug-likeness (QED) is 0.938. The zero-order valence-electron chi connectivity index (χ0n) is 11.2. The van der Waals surface area contributed by atoms with Gasteiger partial charge in [0.05, 0.1) is 28.9 Å². The minimum absolute atomic E-state index is 0.550. The number of nitrogens with one attached hydrogen (secondary N) is 1. The Hall–Kier alpha value is -1.56. The molecular weight excluding hydrogens is 311 g/mol. The number of rotatable bonds is 3. The fraction of sp³-hybridized carbons (Fsp3) is 0.286. The van der Waals surface area contributed by atoms with Gasteiger partial charge in [-0.1, -0.05) is 29.3 Å². The molecular formula is C14H14Cl2N4O. The minimum Gasteiger partial charge on any atom is -0.378 e. The summed E-state index contributed by atoms with van der Waals surface area (Å²) >= 11 is 12.3. The van der Waals surface area contributed by atoms with Crippen LogP contribution >= 0.6 is 23.2 Å². The molecule has 0 radical (unpaired) electrons. The SMILES string of the molecule is Clc1cccc(Cl)c1Nc1cc(N2CCOCC2)ncn1. The van der Waals surface area contributed by atoms with Crippen molar-refractivity contribution in [2.24, 2.45) is 0 Å². The first-order valence-corrected chi connectivity index (χ1v) is 7.35. The third-order valence-corrected chi connectivity index (χ3v) is 3.83. The summed E-state index contributed by atoms with van der Waals surface area (Å²) in [6.45, 7) is 3.07. The van der Waals surface area contributed by atoms with E-state index in [1.165, 1.54) is 6.33 Å². The van der Waals surface area contributed by atoms with Gasteiger partial charge in [0.1, 0.15) is 18.0 Å². The van der Waals surface area contributed by atoms with E-state index in [4.69, 9.17) is 27.9 Å². The van der Waals surface area contributed by atoms with Gasteiger partial charge < -0.3 is 15.0 Å². The van der Waals surface area contributed by atoms with Crippen molar-refractivity contribution >= 4 is 40.5 Å². The summed E-state index contributed by atoms with van der Waals surface area (Å²) in [5.74, 6) is 1.51. The molecule has 1 aromatic carbocycles. The van der Waals surface area contributed by atoms with Gasteiger partial charge in [-0.05, 0) is 12.1 Å². The Bertz CT molecular complexity index is 612. The van der Waals surface area contributed by atoms with E-state index in [1.54, 1.807) is 18.2 Å². The number of nitrogens with zero attached hydrogens (tertiary/aromatic N) is 3. The van der Waals surface area contributed by atoms with E-state index in [-0.39, 0.29) is 0 Å². The first-order valence-electron chi connectivity index (χ1n) is 6.60. The molecule has 2 aromatic rings. The molecule has 0 spiro atoms. The normalized spacial score (nSPS) is 15.0. The Kier molecular flexibility index (Phi) is 4.43. The van der Waals surface area contributed by atoms with Crippen molar-refractivity contribution < 1.29 is 4.74 Å². The maximum atomic E-state index is 6.15. The molecule has 1 aromatic heterocycles. The highest BCUT2D eigenvalue weighted by molar-refractivity contribution is 6.39. The van der Waals surface area contributed by atoms with Crippen LogP contribution in [0.2, 0.25) is 10.0 Å². The molecule has 0 unspecified atom stereocenters. The highest BCUT2D eigenvalue weighted by Crippen LogP contribution is 2.32. The predicted molar refractivity (Wildman–Crippen MR) is 84.8 cm³/mol. The lowest BCUT2D eigenvalue weighted by Gasteiger charge is -2.27. The number of benzene rings is 1. The van der Waals surface area contributed by atoms with E-state index >= 15 is 0 Å². The molecule has 1 aliphatic heterocycles. The van der Waals surface area contributed by atoms with Crippen molar-refractivity contribution in [2.45, 2.75) is 0 Å². The summed E-state index contributed by atoms with van der Waals surface area (Å²) in [7, 11) is 0. The first-order chi connectivity index (χ1) is 10.2. The topological polar surface area (TPSA) is 50.3 Å². The fourth-order valence-electron chi connectivity index (χ4n) is 2.13. The number of aromatic nitrogens is 2. The summed E-state index contributed by atoms with van der Waals surface area (Å²) in [4.78, 5) is 10.7. The van der Waals surface area contributed by atoms with E-state index in [1.807, 2.05) is 6.07 Å². The fourth-order valence-corrected chi connectivity index (χ4v) is 2.62. The van der Waals surface area contributed by atoms with Crippen LogP contribution in [0, 0.1) is 0 Å². The van der Waals surface area contributed by atoms with Crippen LogP contribution in [0.3, 0.4) is 0 Å². The number of para-hydroxylation sites is 1. The van der Waals surface area contributed by atoms with Crippen molar-refractivity contribution in [1.82, 2.24) is 9.97 Å². The minimum atomic E-state index is 0.550. The van der Waals surface area contributed by atoms with Gasteiger partial charge in [0.25, 0.3) is 0 Å². The van der Waals surface area contributed by atoms with Gasteiger partial charge in [0, 0.05) is 19.2 Å². The van der Waals surface area contributed by atoms with Crippen LogP contribution in [-0.4, -0.2) is 36.3 Å². The number of hydrogen-bond donors (Lipinski definition) is 1. The van der Waals surface area contributed by atoms with Crippen molar-refractivity contribution in [3.8, 4) is 0 Å². The molecule has 0 saturated carbocycles. The molecule has 0 aliphatic carbocycles. The van der Waals surface area contributed by atoms with E-state index in [0.717, 1.165) is 18.9 Å². The van der Waals surface area contributed by atoms with Gasteiger partial charge in [-0.2, -0.15) is 0 Å². The van der Waals surface area contributed by atoms with Crippen LogP contribution in [-0.2, 0) is 4.74 Å². The Labute approximate surface area is 132 Å². The highest BCUT2D eigenvalue weighted by atomic mass is 35.5. The third kappa shape index (κ3) is 3.37. The van der Waals surface area contributed by atoms with Gasteiger partial charge in [0.2, 0.25) is 0 Å². The molecule has 7 heteroatoms. The van der Waals surface area contributed by atoms with Gasteiger partial charge in [-0.15, -0.1) is 0 Å². The van der Waals surface area contributed by atoms with Crippen molar-refractivity contribution in [2.75, 3.05) is 36.5 Å². The molecule has 3 rings (SSSR count). The second-order valence-corrected chi connectivity index (χ2v) is 5.40. The maximum Gasteiger partial charge on any atom is 0.135 e. The average Bonchev–Trinajstić information content (AvgIpc) is 2.52. The number of morpholine rings is 1. The molecule has 0 atom stereocenters. The highest BCUT2D eigenvalue weighted by Gasteiger charge is 2.14. The number of anilines is 3. The molecule has 1 N–H and O–H groups in total. The van der Waals surface area contributed by atoms with Crippen molar-refractivity contribution in [3.63, 3.8) is 0 Å². The number of ether oxygens (including phenoxy) is 1. The number of halogens is 2. The van der Waals surface area contributed by atoms with Gasteiger partial charge >= 0.3 is 0 Å². The largest absolute Gasteiger partial charge is 0.378 e. The summed E-state index contributed by atoms with van der Waals surface area (Å²) < 4.78 is 5.34. The molecule has 0 bridgehead atoms. The maximum absolute atomic E-state index is 6.15. The second-order valence-electron chi connectivity index (χ2n) is 4.58. The lowest BCUT2D eigenvalue weighted by atomic mass is 10.3. The first kappa shape index (κ1) is 14.4. The molecule has 110 valence electrons. The zero-order valence-corrected chi connectivity index (χ0v) is 12.7. The molecule has 2 heterocycles. The Balaban J connectivity index is 1.83. The number of hydrogen-bond acceptors (Lipinski definition) is 5. The standard InChI is InChI=1S/C14H14Cl2N4O/c15-10-2-1-3-11(16)14(10)19-12-8-13(18-9-17-12)20-4-6-21-7-5-20/h1-3,8-9H,4-7H2,(H,17,18,19). The zero-order chi connectivity index (χ0) is 14.7. The van der Waals surface area contributed by atoms with E-state index < -0.39 is 0 Å². The molecule has 1 aliphatic rings. The summed E-state index contributed by atoms with van der Waals surface area (Å²) in [6, 6.07) is 7.24. The van der Waals surface area contributed by atoms with Crippen LogP contribution < -0.4 is 10.2 Å². The summed E-state index contributed by atoms with van der Waals surface area (Å²) in [6.07, 6.45) is 1.53. The molecule has 21 heavy (non-hydrogen) atoms. The van der Waals surface area contributed by atoms with Gasteiger partial charge in [0.15, 0.2) is 0 Å². The molecule has 1 fully saturated rings. The molecule has 0 amide bonds. The lowest BCUT2D eigenvalue weighted by Crippen LogP contribution is -2.36. The second kappa shape index (κ2) is 6.47. The monoisotopic (exact) mass is 324 g/mol. The van der Waals surface area contributed by atoms with Crippen LogP contribution in [0.25, 0.3) is 0 Å². The summed E-state index contributed by atoms with van der Waals surface area (Å²) in [5, 5.41) is 4.25. The Morgan fingerprint density at radius 3 is 2.52 bits per heavy atom. The van der Waals surface area contributed by atoms with Gasteiger partial charge in [-0.3, -0.25) is 0 Å². The third-order valence-electron chi connectivity index (χ3n) is 3.20.